The number of furan rings is 1. The molecular weight excluding hydrogens is 652 g/mol. The Morgan fingerprint density at radius 2 is 1.70 bits per heavy atom. The SMILES string of the molecule is Cc1ccc(C)n1-c1ccc(OCc2ccc(C(=O)N/N=C/c3cc(Cl)cc(Br)c3OCc3ccc([N+](=O)[O-])cc3)o2)cc1. The number of hydrazone groups is 1. The fourth-order valence-electron chi connectivity index (χ4n) is 4.41. The number of hydrogen-bond acceptors (Lipinski definition) is 7. The Labute approximate surface area is 266 Å². The van der Waals surface area contributed by atoms with Gasteiger partial charge in [-0.25, -0.2) is 5.43 Å². The van der Waals surface area contributed by atoms with Crippen molar-refractivity contribution in [3.63, 3.8) is 0 Å². The van der Waals surface area contributed by atoms with Gasteiger partial charge in [-0.15, -0.1) is 0 Å². The fraction of sp³-hybridized carbons (Fsp3) is 0.125. The first-order valence-corrected chi connectivity index (χ1v) is 14.5. The number of amides is 1. The van der Waals surface area contributed by atoms with E-state index in [2.05, 4.69) is 57.0 Å². The number of non-ortho nitro benzene ring substituents is 1. The van der Waals surface area contributed by atoms with Crippen LogP contribution in [0.25, 0.3) is 5.69 Å². The van der Waals surface area contributed by atoms with Crippen molar-refractivity contribution in [2.45, 2.75) is 27.1 Å². The molecule has 5 aromatic rings. The highest BCUT2D eigenvalue weighted by Crippen LogP contribution is 2.32. The van der Waals surface area contributed by atoms with Crippen LogP contribution in [-0.4, -0.2) is 21.6 Å². The lowest BCUT2D eigenvalue weighted by molar-refractivity contribution is -0.384. The zero-order valence-electron chi connectivity index (χ0n) is 23.6. The number of aryl methyl sites for hydroxylation is 2. The van der Waals surface area contributed by atoms with Gasteiger partial charge < -0.3 is 18.5 Å². The van der Waals surface area contributed by atoms with Gasteiger partial charge in [-0.05, 0) is 108 Å². The third-order valence-corrected chi connectivity index (χ3v) is 7.38. The quantitative estimate of drug-likeness (QED) is 0.0861. The molecule has 0 saturated carbocycles. The van der Waals surface area contributed by atoms with Crippen LogP contribution in [0.2, 0.25) is 5.02 Å². The molecular formula is C32H26BrClN4O6. The monoisotopic (exact) mass is 676 g/mol. The highest BCUT2D eigenvalue weighted by molar-refractivity contribution is 9.10. The number of nitrogens with zero attached hydrogens (tertiary/aromatic N) is 3. The summed E-state index contributed by atoms with van der Waals surface area (Å²) in [5, 5.41) is 15.4. The largest absolute Gasteiger partial charge is 0.487 e. The summed E-state index contributed by atoms with van der Waals surface area (Å²) in [7, 11) is 0. The molecule has 3 aromatic carbocycles. The van der Waals surface area contributed by atoms with E-state index in [4.69, 9.17) is 25.5 Å². The molecule has 0 aliphatic heterocycles. The van der Waals surface area contributed by atoms with Gasteiger partial charge in [0.25, 0.3) is 5.69 Å². The molecule has 0 atom stereocenters. The Bertz CT molecular complexity index is 1810. The maximum absolute atomic E-state index is 12.7. The van der Waals surface area contributed by atoms with Crippen molar-refractivity contribution in [2.75, 3.05) is 0 Å². The van der Waals surface area contributed by atoms with Crippen molar-refractivity contribution in [1.82, 2.24) is 9.99 Å². The van der Waals surface area contributed by atoms with Crippen LogP contribution in [0.15, 0.2) is 98.9 Å². The van der Waals surface area contributed by atoms with E-state index in [0.29, 0.717) is 32.3 Å². The smallest absolute Gasteiger partial charge is 0.307 e. The average Bonchev–Trinajstić information content (AvgIpc) is 3.62. The second-order valence-electron chi connectivity index (χ2n) is 9.72. The molecule has 2 heterocycles. The molecule has 0 saturated heterocycles. The van der Waals surface area contributed by atoms with Gasteiger partial charge in [0.2, 0.25) is 0 Å². The molecule has 0 aliphatic carbocycles. The molecule has 0 unspecified atom stereocenters. The molecule has 10 nitrogen and oxygen atoms in total. The third-order valence-electron chi connectivity index (χ3n) is 6.57. The molecule has 5 rings (SSSR count). The van der Waals surface area contributed by atoms with Gasteiger partial charge in [-0.1, -0.05) is 11.6 Å². The highest BCUT2D eigenvalue weighted by atomic mass is 79.9. The number of ether oxygens (including phenoxy) is 2. The van der Waals surface area contributed by atoms with Crippen LogP contribution in [0.1, 0.15) is 38.8 Å². The van der Waals surface area contributed by atoms with Crippen molar-refractivity contribution in [3.8, 4) is 17.2 Å². The van der Waals surface area contributed by atoms with E-state index >= 15 is 0 Å². The molecule has 0 bridgehead atoms. The van der Waals surface area contributed by atoms with E-state index in [1.807, 2.05) is 24.3 Å². The third kappa shape index (κ3) is 7.36. The number of aromatic nitrogens is 1. The molecule has 0 spiro atoms. The minimum absolute atomic E-state index is 0.00930. The summed E-state index contributed by atoms with van der Waals surface area (Å²) in [6.07, 6.45) is 1.40. The van der Waals surface area contributed by atoms with E-state index in [1.54, 1.807) is 36.4 Å². The lowest BCUT2D eigenvalue weighted by Gasteiger charge is -2.12. The Balaban J connectivity index is 1.17. The number of carbonyl (C=O) groups is 1. The molecule has 12 heteroatoms. The van der Waals surface area contributed by atoms with E-state index in [-0.39, 0.29) is 24.7 Å². The Hall–Kier alpha value is -4.87. The first-order chi connectivity index (χ1) is 21.2. The normalized spacial score (nSPS) is 11.1. The van der Waals surface area contributed by atoms with Crippen LogP contribution in [0, 0.1) is 24.0 Å². The molecule has 0 radical (unpaired) electrons. The Morgan fingerprint density at radius 1 is 1.00 bits per heavy atom. The number of carbonyl (C=O) groups excluding carboxylic acids is 1. The van der Waals surface area contributed by atoms with Crippen molar-refractivity contribution in [1.29, 1.82) is 0 Å². The van der Waals surface area contributed by atoms with Gasteiger partial charge in [0, 0.05) is 39.8 Å². The lowest BCUT2D eigenvalue weighted by Crippen LogP contribution is -2.17. The summed E-state index contributed by atoms with van der Waals surface area (Å²) < 4.78 is 20.2. The van der Waals surface area contributed by atoms with Crippen LogP contribution in [0.5, 0.6) is 11.5 Å². The van der Waals surface area contributed by atoms with Gasteiger partial charge in [0.05, 0.1) is 15.6 Å². The van der Waals surface area contributed by atoms with E-state index in [0.717, 1.165) is 22.6 Å². The van der Waals surface area contributed by atoms with Crippen LogP contribution in [-0.2, 0) is 13.2 Å². The predicted molar refractivity (Wildman–Crippen MR) is 170 cm³/mol. The minimum Gasteiger partial charge on any atom is -0.487 e. The number of rotatable bonds is 11. The number of nitrogens with one attached hydrogen (secondary N) is 1. The van der Waals surface area contributed by atoms with Crippen LogP contribution in [0.3, 0.4) is 0 Å². The van der Waals surface area contributed by atoms with Gasteiger partial charge in [-0.3, -0.25) is 14.9 Å². The second-order valence-corrected chi connectivity index (χ2v) is 11.0. The zero-order chi connectivity index (χ0) is 31.2. The van der Waals surface area contributed by atoms with Crippen molar-refractivity contribution < 1.29 is 23.6 Å². The Morgan fingerprint density at radius 3 is 2.39 bits per heavy atom. The standard InChI is InChI=1S/C32H26BrClN4O6/c1-20-3-4-21(2)37(20)25-9-11-27(12-10-25)42-19-28-13-14-30(44-28)32(39)36-35-17-23-15-24(34)16-29(33)31(23)43-18-22-5-7-26(8-6-22)38(40)41/h3-17H,18-19H2,1-2H3,(H,36,39)/b35-17+. The van der Waals surface area contributed by atoms with Gasteiger partial charge in [0.1, 0.15) is 30.5 Å². The van der Waals surface area contributed by atoms with Crippen molar-refractivity contribution >= 4 is 45.3 Å². The summed E-state index contributed by atoms with van der Waals surface area (Å²) >= 11 is 9.65. The Kier molecular flexibility index (Phi) is 9.47. The average molecular weight is 678 g/mol. The molecule has 224 valence electrons. The summed E-state index contributed by atoms with van der Waals surface area (Å²) in [4.78, 5) is 23.1. The van der Waals surface area contributed by atoms with E-state index in [9.17, 15) is 14.9 Å². The number of nitro groups is 1. The van der Waals surface area contributed by atoms with E-state index in [1.165, 1.54) is 18.3 Å². The summed E-state index contributed by atoms with van der Waals surface area (Å²) in [5.41, 5.74) is 6.99. The number of nitro benzene ring substituents is 1. The van der Waals surface area contributed by atoms with Crippen LogP contribution in [0.4, 0.5) is 5.69 Å². The highest BCUT2D eigenvalue weighted by Gasteiger charge is 2.13. The molecule has 2 aromatic heterocycles. The molecule has 1 N–H and O–H groups in total. The van der Waals surface area contributed by atoms with Gasteiger partial charge in [0.15, 0.2) is 5.76 Å². The summed E-state index contributed by atoms with van der Waals surface area (Å²) in [6.45, 7) is 4.40. The summed E-state index contributed by atoms with van der Waals surface area (Å²) in [6, 6.07) is 24.4. The molecule has 44 heavy (non-hydrogen) atoms. The number of benzene rings is 3. The van der Waals surface area contributed by atoms with Gasteiger partial charge in [-0.2, -0.15) is 5.10 Å². The molecule has 0 aliphatic rings. The van der Waals surface area contributed by atoms with Crippen molar-refractivity contribution in [2.24, 2.45) is 5.10 Å². The first kappa shape index (κ1) is 30.6. The maximum atomic E-state index is 12.7. The van der Waals surface area contributed by atoms with Crippen LogP contribution < -0.4 is 14.9 Å². The predicted octanol–water partition coefficient (Wildman–Crippen LogP) is 7.93. The first-order valence-electron chi connectivity index (χ1n) is 13.3. The number of halogens is 2. The topological polar surface area (TPSA) is 121 Å². The molecule has 1 amide bonds. The zero-order valence-corrected chi connectivity index (χ0v) is 26.0. The number of hydrogen-bond donors (Lipinski definition) is 1. The summed E-state index contributed by atoms with van der Waals surface area (Å²) in [5.74, 6) is 1.08. The van der Waals surface area contributed by atoms with Gasteiger partial charge >= 0.3 is 5.91 Å². The van der Waals surface area contributed by atoms with Crippen LogP contribution >= 0.6 is 27.5 Å². The maximum Gasteiger partial charge on any atom is 0.307 e. The lowest BCUT2D eigenvalue weighted by atomic mass is 10.2. The second kappa shape index (κ2) is 13.6. The van der Waals surface area contributed by atoms with Crippen molar-refractivity contribution in [3.05, 3.63) is 139 Å². The minimum atomic E-state index is -0.552. The van der Waals surface area contributed by atoms with E-state index < -0.39 is 10.8 Å². The fourth-order valence-corrected chi connectivity index (χ4v) is 5.36. The molecule has 0 fully saturated rings.